The highest BCUT2D eigenvalue weighted by Gasteiger charge is 2.28. The average Bonchev–Trinajstić information content (AvgIpc) is 2.38. The van der Waals surface area contributed by atoms with Gasteiger partial charge in [-0.25, -0.2) is 0 Å². The monoisotopic (exact) mass is 278 g/mol. The van der Waals surface area contributed by atoms with Crippen LogP contribution >= 0.6 is 23.4 Å². The molecule has 0 unspecified atom stereocenters. The summed E-state index contributed by atoms with van der Waals surface area (Å²) in [6.07, 6.45) is 2.14. The van der Waals surface area contributed by atoms with Crippen molar-refractivity contribution in [1.82, 2.24) is 5.32 Å². The lowest BCUT2D eigenvalue weighted by Crippen LogP contribution is -2.30. The fourth-order valence-electron chi connectivity index (χ4n) is 1.96. The number of carbonyl (C=O) groups excluding carboxylic acids is 1. The second kappa shape index (κ2) is 5.47. The van der Waals surface area contributed by atoms with Crippen LogP contribution in [0, 0.1) is 11.3 Å². The van der Waals surface area contributed by atoms with E-state index in [0.29, 0.717) is 22.0 Å². The van der Waals surface area contributed by atoms with Crippen molar-refractivity contribution in [2.24, 2.45) is 0 Å². The van der Waals surface area contributed by atoms with Gasteiger partial charge in [0.2, 0.25) is 5.91 Å². The minimum Gasteiger partial charge on any atom is -0.320 e. The third-order valence-electron chi connectivity index (χ3n) is 2.83. The molecular formula is C13H11ClN2OS. The van der Waals surface area contributed by atoms with E-state index in [0.717, 1.165) is 5.56 Å². The number of halogens is 1. The molecule has 0 saturated carbocycles. The van der Waals surface area contributed by atoms with Crippen molar-refractivity contribution in [2.45, 2.75) is 12.3 Å². The Balaban J connectivity index is 2.45. The number of thioether (sulfide) groups is 1. The third-order valence-corrected chi connectivity index (χ3v) is 3.81. The topological polar surface area (TPSA) is 52.9 Å². The van der Waals surface area contributed by atoms with Gasteiger partial charge in [0.25, 0.3) is 0 Å². The molecule has 1 amide bonds. The van der Waals surface area contributed by atoms with Crippen molar-refractivity contribution in [2.75, 3.05) is 6.26 Å². The van der Waals surface area contributed by atoms with Crippen LogP contribution < -0.4 is 5.32 Å². The molecule has 3 nitrogen and oxygen atoms in total. The van der Waals surface area contributed by atoms with Gasteiger partial charge >= 0.3 is 0 Å². The number of carbonyl (C=O) groups is 1. The molecule has 2 rings (SSSR count). The van der Waals surface area contributed by atoms with Gasteiger partial charge in [-0.2, -0.15) is 5.26 Å². The second-order valence-corrected chi connectivity index (χ2v) is 5.17. The van der Waals surface area contributed by atoms with Gasteiger partial charge in [0.05, 0.1) is 16.7 Å². The zero-order valence-electron chi connectivity index (χ0n) is 9.74. The SMILES string of the molecule is CSC1=C(C#N)[C@@H](c2ccc(Cl)cc2)CC(=O)N1. The normalized spacial score (nSPS) is 19.4. The Kier molecular flexibility index (Phi) is 3.95. The van der Waals surface area contributed by atoms with Crippen molar-refractivity contribution in [1.29, 1.82) is 5.26 Å². The first-order valence-electron chi connectivity index (χ1n) is 5.39. The highest BCUT2D eigenvalue weighted by molar-refractivity contribution is 8.02. The van der Waals surface area contributed by atoms with Gasteiger partial charge in [-0.15, -0.1) is 11.8 Å². The number of amides is 1. The van der Waals surface area contributed by atoms with Gasteiger partial charge in [0.1, 0.15) is 0 Å². The first-order chi connectivity index (χ1) is 8.65. The Morgan fingerprint density at radius 1 is 1.44 bits per heavy atom. The van der Waals surface area contributed by atoms with Crippen molar-refractivity contribution in [3.8, 4) is 6.07 Å². The second-order valence-electron chi connectivity index (χ2n) is 3.92. The summed E-state index contributed by atoms with van der Waals surface area (Å²) in [5.41, 5.74) is 1.56. The van der Waals surface area contributed by atoms with Crippen LogP contribution in [0.3, 0.4) is 0 Å². The summed E-state index contributed by atoms with van der Waals surface area (Å²) >= 11 is 7.23. The number of benzene rings is 1. The molecule has 1 atom stereocenters. The smallest absolute Gasteiger partial charge is 0.225 e. The number of rotatable bonds is 2. The van der Waals surface area contributed by atoms with E-state index in [2.05, 4.69) is 11.4 Å². The molecular weight excluding hydrogens is 268 g/mol. The lowest BCUT2D eigenvalue weighted by atomic mass is 9.87. The first-order valence-corrected chi connectivity index (χ1v) is 6.99. The van der Waals surface area contributed by atoms with Gasteiger partial charge in [-0.1, -0.05) is 23.7 Å². The minimum absolute atomic E-state index is 0.0571. The summed E-state index contributed by atoms with van der Waals surface area (Å²) in [4.78, 5) is 11.7. The number of hydrogen-bond donors (Lipinski definition) is 1. The fourth-order valence-corrected chi connectivity index (χ4v) is 2.71. The quantitative estimate of drug-likeness (QED) is 0.905. The molecule has 0 saturated heterocycles. The van der Waals surface area contributed by atoms with E-state index < -0.39 is 0 Å². The first kappa shape index (κ1) is 13.0. The van der Waals surface area contributed by atoms with Gasteiger partial charge in [-0.05, 0) is 24.0 Å². The molecule has 1 aliphatic rings. The molecule has 1 aromatic rings. The summed E-state index contributed by atoms with van der Waals surface area (Å²) in [6, 6.07) is 9.47. The van der Waals surface area contributed by atoms with Crippen LogP contribution in [0.25, 0.3) is 0 Å². The fraction of sp³-hybridized carbons (Fsp3) is 0.231. The largest absolute Gasteiger partial charge is 0.320 e. The Labute approximate surface area is 115 Å². The van der Waals surface area contributed by atoms with Crippen LogP contribution in [0.5, 0.6) is 0 Å². The molecule has 1 heterocycles. The van der Waals surface area contributed by atoms with E-state index in [1.54, 1.807) is 12.1 Å². The lowest BCUT2D eigenvalue weighted by molar-refractivity contribution is -0.120. The zero-order chi connectivity index (χ0) is 13.1. The molecule has 0 fully saturated rings. The minimum atomic E-state index is -0.177. The highest BCUT2D eigenvalue weighted by Crippen LogP contribution is 2.35. The Morgan fingerprint density at radius 2 is 2.11 bits per heavy atom. The molecule has 0 bridgehead atoms. The van der Waals surface area contributed by atoms with Crippen LogP contribution in [-0.2, 0) is 4.79 Å². The molecule has 5 heteroatoms. The summed E-state index contributed by atoms with van der Waals surface area (Å²) in [5, 5.41) is 13.3. The molecule has 0 radical (unpaired) electrons. The van der Waals surface area contributed by atoms with E-state index in [9.17, 15) is 10.1 Å². The van der Waals surface area contributed by atoms with E-state index in [4.69, 9.17) is 11.6 Å². The number of nitrogens with one attached hydrogen (secondary N) is 1. The Morgan fingerprint density at radius 3 is 2.67 bits per heavy atom. The van der Waals surface area contributed by atoms with Crippen LogP contribution in [0.15, 0.2) is 34.9 Å². The van der Waals surface area contributed by atoms with Crippen LogP contribution in [-0.4, -0.2) is 12.2 Å². The predicted molar refractivity (Wildman–Crippen MR) is 73.1 cm³/mol. The van der Waals surface area contributed by atoms with E-state index >= 15 is 0 Å². The van der Waals surface area contributed by atoms with Gasteiger partial charge < -0.3 is 5.32 Å². The number of nitriles is 1. The van der Waals surface area contributed by atoms with Crippen LogP contribution in [0.4, 0.5) is 0 Å². The number of hydrogen-bond acceptors (Lipinski definition) is 3. The maximum absolute atomic E-state index is 11.7. The molecule has 18 heavy (non-hydrogen) atoms. The molecule has 0 aliphatic carbocycles. The molecule has 1 N–H and O–H groups in total. The summed E-state index contributed by atoms with van der Waals surface area (Å²) in [6.45, 7) is 0. The van der Waals surface area contributed by atoms with Crippen molar-refractivity contribution in [3.05, 3.63) is 45.5 Å². The molecule has 1 aromatic carbocycles. The van der Waals surface area contributed by atoms with Gasteiger partial charge in [0.15, 0.2) is 0 Å². The lowest BCUT2D eigenvalue weighted by Gasteiger charge is -2.24. The molecule has 92 valence electrons. The maximum atomic E-state index is 11.7. The number of nitrogens with zero attached hydrogens (tertiary/aromatic N) is 1. The Bertz CT molecular complexity index is 545. The maximum Gasteiger partial charge on any atom is 0.225 e. The molecule has 0 aromatic heterocycles. The summed E-state index contributed by atoms with van der Waals surface area (Å²) in [5.74, 6) is -0.234. The molecule has 0 spiro atoms. The van der Waals surface area contributed by atoms with E-state index in [1.165, 1.54) is 11.8 Å². The third kappa shape index (κ3) is 2.53. The van der Waals surface area contributed by atoms with Crippen molar-refractivity contribution < 1.29 is 4.79 Å². The Hall–Kier alpha value is -1.44. The zero-order valence-corrected chi connectivity index (χ0v) is 11.3. The van der Waals surface area contributed by atoms with Gasteiger partial charge in [0, 0.05) is 17.4 Å². The van der Waals surface area contributed by atoms with Crippen molar-refractivity contribution >= 4 is 29.3 Å². The summed E-state index contributed by atoms with van der Waals surface area (Å²) in [7, 11) is 0. The number of allylic oxidation sites excluding steroid dienone is 1. The average molecular weight is 279 g/mol. The van der Waals surface area contributed by atoms with Crippen LogP contribution in [0.1, 0.15) is 17.9 Å². The standard InChI is InChI=1S/C13H11ClN2OS/c1-18-13-11(7-15)10(6-12(17)16-13)8-2-4-9(14)5-3-8/h2-5,10H,6H2,1H3,(H,16,17)/t10-/m1/s1. The predicted octanol–water partition coefficient (Wildman–Crippen LogP) is 3.04. The van der Waals surface area contributed by atoms with Crippen LogP contribution in [0.2, 0.25) is 5.02 Å². The van der Waals surface area contributed by atoms with Gasteiger partial charge in [-0.3, -0.25) is 4.79 Å². The molecule has 1 aliphatic heterocycles. The van der Waals surface area contributed by atoms with Crippen molar-refractivity contribution in [3.63, 3.8) is 0 Å². The summed E-state index contributed by atoms with van der Waals surface area (Å²) < 4.78 is 0. The van der Waals surface area contributed by atoms with E-state index in [-0.39, 0.29) is 11.8 Å². The van der Waals surface area contributed by atoms with E-state index in [1.807, 2.05) is 18.4 Å². The highest BCUT2D eigenvalue weighted by atomic mass is 35.5.